The van der Waals surface area contributed by atoms with Crippen molar-refractivity contribution in [3.05, 3.63) is 65.5 Å². The topological polar surface area (TPSA) is 12.0 Å². The first-order valence-electron chi connectivity index (χ1n) is 7.01. The highest BCUT2D eigenvalue weighted by molar-refractivity contribution is 8.00. The molecule has 0 saturated carbocycles. The predicted octanol–water partition coefficient (Wildman–Crippen LogP) is 3.67. The van der Waals surface area contributed by atoms with E-state index in [1.165, 1.54) is 16.5 Å². The van der Waals surface area contributed by atoms with E-state index in [2.05, 4.69) is 29.6 Å². The number of thioether (sulfide) groups is 1. The van der Waals surface area contributed by atoms with E-state index in [0.717, 1.165) is 31.5 Å². The van der Waals surface area contributed by atoms with E-state index in [-0.39, 0.29) is 5.82 Å². The minimum Gasteiger partial charge on any atom is -0.315 e. The van der Waals surface area contributed by atoms with Crippen LogP contribution in [-0.4, -0.2) is 18.3 Å². The number of halogens is 1. The van der Waals surface area contributed by atoms with Crippen LogP contribution >= 0.6 is 11.8 Å². The zero-order valence-corrected chi connectivity index (χ0v) is 12.1. The van der Waals surface area contributed by atoms with Gasteiger partial charge >= 0.3 is 0 Å². The fraction of sp³-hybridized carbons (Fsp3) is 0.294. The van der Waals surface area contributed by atoms with Crippen molar-refractivity contribution in [3.8, 4) is 0 Å². The van der Waals surface area contributed by atoms with Gasteiger partial charge in [-0.1, -0.05) is 36.4 Å². The van der Waals surface area contributed by atoms with Crippen molar-refractivity contribution >= 4 is 11.8 Å². The van der Waals surface area contributed by atoms with Crippen LogP contribution in [0.2, 0.25) is 0 Å². The Morgan fingerprint density at radius 2 is 1.90 bits per heavy atom. The van der Waals surface area contributed by atoms with Crippen LogP contribution in [0.3, 0.4) is 0 Å². The molecule has 0 aromatic heterocycles. The molecule has 1 nitrogen and oxygen atoms in total. The van der Waals surface area contributed by atoms with Gasteiger partial charge in [0, 0.05) is 16.7 Å². The van der Waals surface area contributed by atoms with Gasteiger partial charge in [0.1, 0.15) is 5.82 Å². The van der Waals surface area contributed by atoms with E-state index in [1.807, 2.05) is 23.9 Å². The summed E-state index contributed by atoms with van der Waals surface area (Å²) in [5.74, 6) is -0.100. The first kappa shape index (κ1) is 13.7. The Balaban J connectivity index is 1.43. The Morgan fingerprint density at radius 3 is 2.75 bits per heavy atom. The molecule has 3 rings (SSSR count). The Hall–Kier alpha value is -1.32. The zero-order chi connectivity index (χ0) is 13.8. The molecule has 3 heteroatoms. The third kappa shape index (κ3) is 3.22. The number of benzene rings is 2. The van der Waals surface area contributed by atoms with Crippen molar-refractivity contribution in [2.45, 2.75) is 23.0 Å². The molecule has 0 saturated heterocycles. The predicted molar refractivity (Wildman–Crippen MR) is 82.8 cm³/mol. The fourth-order valence-electron chi connectivity index (χ4n) is 2.56. The molecule has 1 aliphatic rings. The zero-order valence-electron chi connectivity index (χ0n) is 11.3. The Bertz CT molecular complexity index is 560. The molecule has 1 atom stereocenters. The molecule has 1 unspecified atom stereocenters. The second-order valence-electron chi connectivity index (χ2n) is 5.10. The van der Waals surface area contributed by atoms with Gasteiger partial charge in [-0.05, 0) is 42.6 Å². The van der Waals surface area contributed by atoms with Crippen LogP contribution in [0.25, 0.3) is 0 Å². The molecule has 0 amide bonds. The number of nitrogens with one attached hydrogen (secondary N) is 1. The molecular weight excluding hydrogens is 269 g/mol. The number of hydrogen-bond donors (Lipinski definition) is 1. The largest absolute Gasteiger partial charge is 0.315 e. The maximum absolute atomic E-state index is 13.5. The van der Waals surface area contributed by atoms with Gasteiger partial charge in [-0.25, -0.2) is 4.39 Å². The average molecular weight is 287 g/mol. The summed E-state index contributed by atoms with van der Waals surface area (Å²) in [6, 6.07) is 15.6. The Labute approximate surface area is 123 Å². The van der Waals surface area contributed by atoms with Crippen LogP contribution in [0.4, 0.5) is 4.39 Å². The Morgan fingerprint density at radius 1 is 1.10 bits per heavy atom. The highest BCUT2D eigenvalue weighted by Gasteiger charge is 2.20. The second-order valence-corrected chi connectivity index (χ2v) is 6.44. The lowest BCUT2D eigenvalue weighted by Crippen LogP contribution is -2.26. The van der Waals surface area contributed by atoms with E-state index < -0.39 is 0 Å². The van der Waals surface area contributed by atoms with E-state index in [0.29, 0.717) is 5.25 Å². The van der Waals surface area contributed by atoms with Crippen LogP contribution in [0.1, 0.15) is 11.1 Å². The van der Waals surface area contributed by atoms with Gasteiger partial charge in [0.05, 0.1) is 0 Å². The van der Waals surface area contributed by atoms with Gasteiger partial charge in [-0.15, -0.1) is 11.8 Å². The molecule has 104 valence electrons. The van der Waals surface area contributed by atoms with Crippen molar-refractivity contribution in [1.29, 1.82) is 0 Å². The SMILES string of the molecule is Fc1ccccc1CCNCC1Cc2ccccc2S1. The van der Waals surface area contributed by atoms with E-state index in [4.69, 9.17) is 0 Å². The quantitative estimate of drug-likeness (QED) is 0.842. The maximum atomic E-state index is 13.5. The van der Waals surface area contributed by atoms with Gasteiger partial charge < -0.3 is 5.32 Å². The van der Waals surface area contributed by atoms with Crippen molar-refractivity contribution in [2.24, 2.45) is 0 Å². The molecule has 1 N–H and O–H groups in total. The third-order valence-corrected chi connectivity index (χ3v) is 4.93. The normalized spacial score (nSPS) is 17.1. The minimum absolute atomic E-state index is 0.100. The lowest BCUT2D eigenvalue weighted by atomic mass is 10.1. The van der Waals surface area contributed by atoms with Gasteiger partial charge in [0.15, 0.2) is 0 Å². The van der Waals surface area contributed by atoms with Crippen molar-refractivity contribution in [1.82, 2.24) is 5.32 Å². The van der Waals surface area contributed by atoms with Crippen molar-refractivity contribution in [2.75, 3.05) is 13.1 Å². The molecule has 0 bridgehead atoms. The molecule has 2 aromatic carbocycles. The van der Waals surface area contributed by atoms with E-state index >= 15 is 0 Å². The van der Waals surface area contributed by atoms with E-state index in [1.54, 1.807) is 6.07 Å². The van der Waals surface area contributed by atoms with E-state index in [9.17, 15) is 4.39 Å². The van der Waals surface area contributed by atoms with Gasteiger partial charge in [-0.3, -0.25) is 0 Å². The van der Waals surface area contributed by atoms with Crippen LogP contribution < -0.4 is 5.32 Å². The van der Waals surface area contributed by atoms with Gasteiger partial charge in [0.25, 0.3) is 0 Å². The minimum atomic E-state index is -0.100. The van der Waals surface area contributed by atoms with Crippen LogP contribution in [0.15, 0.2) is 53.4 Å². The molecular formula is C17H18FNS. The van der Waals surface area contributed by atoms with Crippen molar-refractivity contribution < 1.29 is 4.39 Å². The first-order valence-corrected chi connectivity index (χ1v) is 7.89. The van der Waals surface area contributed by atoms with Crippen LogP contribution in [0, 0.1) is 5.82 Å². The summed E-state index contributed by atoms with van der Waals surface area (Å²) in [4.78, 5) is 1.41. The standard InChI is InChI=1S/C17H18FNS/c18-16-7-3-1-5-13(16)9-10-19-12-15-11-14-6-2-4-8-17(14)20-15/h1-8,15,19H,9-12H2. The molecule has 2 aromatic rings. The van der Waals surface area contributed by atoms with Gasteiger partial charge in [-0.2, -0.15) is 0 Å². The summed E-state index contributed by atoms with van der Waals surface area (Å²) in [5.41, 5.74) is 2.25. The number of fused-ring (bicyclic) bond motifs is 1. The average Bonchev–Trinajstić information content (AvgIpc) is 2.88. The Kier molecular flexibility index (Phi) is 4.38. The maximum Gasteiger partial charge on any atom is 0.126 e. The second kappa shape index (κ2) is 6.42. The smallest absolute Gasteiger partial charge is 0.126 e. The molecule has 1 aliphatic heterocycles. The third-order valence-electron chi connectivity index (χ3n) is 3.61. The molecule has 0 spiro atoms. The molecule has 0 radical (unpaired) electrons. The van der Waals surface area contributed by atoms with Crippen LogP contribution in [-0.2, 0) is 12.8 Å². The monoisotopic (exact) mass is 287 g/mol. The highest BCUT2D eigenvalue weighted by Crippen LogP contribution is 2.36. The summed E-state index contributed by atoms with van der Waals surface area (Å²) in [5, 5.41) is 4.06. The number of rotatable bonds is 5. The summed E-state index contributed by atoms with van der Waals surface area (Å²) in [6.07, 6.45) is 1.88. The molecule has 0 aliphatic carbocycles. The lowest BCUT2D eigenvalue weighted by molar-refractivity contribution is 0.596. The summed E-state index contributed by atoms with van der Waals surface area (Å²) >= 11 is 1.95. The van der Waals surface area contributed by atoms with Gasteiger partial charge in [0.2, 0.25) is 0 Å². The highest BCUT2D eigenvalue weighted by atomic mass is 32.2. The molecule has 0 fully saturated rings. The number of hydrogen-bond acceptors (Lipinski definition) is 2. The lowest BCUT2D eigenvalue weighted by Gasteiger charge is -2.10. The fourth-order valence-corrected chi connectivity index (χ4v) is 3.84. The van der Waals surface area contributed by atoms with Crippen LogP contribution in [0.5, 0.6) is 0 Å². The summed E-state index contributed by atoms with van der Waals surface area (Å²) in [7, 11) is 0. The summed E-state index contributed by atoms with van der Waals surface area (Å²) in [6.45, 7) is 1.81. The molecule has 1 heterocycles. The first-order chi connectivity index (χ1) is 9.83. The molecule has 20 heavy (non-hydrogen) atoms. The summed E-state index contributed by atoms with van der Waals surface area (Å²) < 4.78 is 13.5. The van der Waals surface area contributed by atoms with Crippen molar-refractivity contribution in [3.63, 3.8) is 0 Å².